The first kappa shape index (κ1) is 20.9. The third-order valence-electron chi connectivity index (χ3n) is 6.12. The zero-order chi connectivity index (χ0) is 22.0. The number of aryl methyl sites for hydroxylation is 1. The molecule has 0 spiro atoms. The van der Waals surface area contributed by atoms with Gasteiger partial charge in [-0.05, 0) is 38.1 Å². The lowest BCUT2D eigenvalue weighted by Crippen LogP contribution is -3.19. The number of fused-ring (bicyclic) bond motifs is 1. The van der Waals surface area contributed by atoms with Crippen molar-refractivity contribution in [3.63, 3.8) is 0 Å². The molecule has 2 heterocycles. The number of amides is 1. The molecule has 1 fully saturated rings. The van der Waals surface area contributed by atoms with Gasteiger partial charge in [-0.3, -0.25) is 4.79 Å². The summed E-state index contributed by atoms with van der Waals surface area (Å²) in [7, 11) is 1.34. The van der Waals surface area contributed by atoms with Crippen molar-refractivity contribution in [2.24, 2.45) is 0 Å². The van der Waals surface area contributed by atoms with E-state index < -0.39 is 5.97 Å². The van der Waals surface area contributed by atoms with Crippen molar-refractivity contribution in [3.8, 4) is 0 Å². The number of carbonyl (C=O) groups is 2. The van der Waals surface area contributed by atoms with E-state index in [1.165, 1.54) is 17.7 Å². The second-order valence-electron chi connectivity index (χ2n) is 8.11. The summed E-state index contributed by atoms with van der Waals surface area (Å²) in [5, 5.41) is 3.82. The lowest BCUT2D eigenvalue weighted by molar-refractivity contribution is -0.914. The molecule has 0 unspecified atom stereocenters. The first-order valence-electron chi connectivity index (χ1n) is 10.6. The van der Waals surface area contributed by atoms with Crippen molar-refractivity contribution in [1.82, 2.24) is 4.98 Å². The molecule has 1 amide bonds. The fraction of sp³-hybridized carbons (Fsp3) is 0.333. The average Bonchev–Trinajstić information content (AvgIpc) is 3.16. The molecule has 31 heavy (non-hydrogen) atoms. The number of nitrogens with one attached hydrogen (secondary N) is 3. The molecule has 4 rings (SSSR count). The van der Waals surface area contributed by atoms with E-state index in [-0.39, 0.29) is 17.6 Å². The fourth-order valence-corrected chi connectivity index (χ4v) is 4.23. The van der Waals surface area contributed by atoms with E-state index in [9.17, 15) is 9.59 Å². The number of nitrogens with zero attached hydrogens (tertiary/aromatic N) is 1. The van der Waals surface area contributed by atoms with Crippen molar-refractivity contribution in [2.75, 3.05) is 43.5 Å². The Morgan fingerprint density at radius 2 is 1.84 bits per heavy atom. The second-order valence-corrected chi connectivity index (χ2v) is 8.11. The molecule has 0 saturated carbocycles. The number of aromatic amines is 1. The standard InChI is InChI=1S/C24H28N4O3/c1-16-9-10-20-19(15-16)21(22(25-20)24(30)31-3)26-23(29)17(2)27-11-13-28(14-12-27)18-7-5-4-6-8-18/h4-10,15,17,25H,11-14H2,1-3H3,(H,26,29)/p+1/t17-/m0/s1. The Morgan fingerprint density at radius 1 is 1.13 bits per heavy atom. The highest BCUT2D eigenvalue weighted by molar-refractivity contribution is 6.11. The van der Waals surface area contributed by atoms with E-state index in [0.717, 1.165) is 42.6 Å². The van der Waals surface area contributed by atoms with Crippen LogP contribution in [0.1, 0.15) is 23.0 Å². The van der Waals surface area contributed by atoms with Gasteiger partial charge in [0.05, 0.1) is 39.0 Å². The zero-order valence-corrected chi connectivity index (χ0v) is 18.2. The Bertz CT molecular complexity index is 1080. The van der Waals surface area contributed by atoms with Crippen molar-refractivity contribution < 1.29 is 19.2 Å². The van der Waals surface area contributed by atoms with Crippen LogP contribution in [0.2, 0.25) is 0 Å². The minimum Gasteiger partial charge on any atom is -0.464 e. The SMILES string of the molecule is COC(=O)c1[nH]c2ccc(C)cc2c1NC(=O)[C@H](C)[NH+]1CCN(c2ccccc2)CC1. The molecule has 1 aliphatic heterocycles. The molecule has 162 valence electrons. The van der Waals surface area contributed by atoms with Crippen LogP contribution in [0.4, 0.5) is 11.4 Å². The van der Waals surface area contributed by atoms with Crippen molar-refractivity contribution in [1.29, 1.82) is 0 Å². The number of para-hydroxylation sites is 1. The van der Waals surface area contributed by atoms with Gasteiger partial charge in [-0.15, -0.1) is 0 Å². The molecule has 7 heteroatoms. The summed E-state index contributed by atoms with van der Waals surface area (Å²) in [5.74, 6) is -0.601. The summed E-state index contributed by atoms with van der Waals surface area (Å²) < 4.78 is 4.92. The lowest BCUT2D eigenvalue weighted by atomic mass is 10.1. The highest BCUT2D eigenvalue weighted by Crippen LogP contribution is 2.29. The molecular formula is C24H29N4O3+. The van der Waals surface area contributed by atoms with Crippen LogP contribution in [0.5, 0.6) is 0 Å². The number of quaternary nitrogens is 1. The third kappa shape index (κ3) is 4.27. The molecule has 2 aromatic carbocycles. The molecule has 1 atom stereocenters. The van der Waals surface area contributed by atoms with Gasteiger partial charge in [-0.1, -0.05) is 29.8 Å². The van der Waals surface area contributed by atoms with Gasteiger partial charge in [0.2, 0.25) is 0 Å². The van der Waals surface area contributed by atoms with Crippen LogP contribution in [0.3, 0.4) is 0 Å². The average molecular weight is 422 g/mol. The van der Waals surface area contributed by atoms with E-state index >= 15 is 0 Å². The van der Waals surface area contributed by atoms with E-state index in [2.05, 4.69) is 27.3 Å². The minimum absolute atomic E-state index is 0.101. The van der Waals surface area contributed by atoms with Gasteiger partial charge < -0.3 is 24.8 Å². The molecule has 1 aliphatic rings. The summed E-state index contributed by atoms with van der Waals surface area (Å²) in [6, 6.07) is 15.9. The number of ether oxygens (including phenoxy) is 1. The van der Waals surface area contributed by atoms with E-state index in [0.29, 0.717) is 5.69 Å². The quantitative estimate of drug-likeness (QED) is 0.551. The van der Waals surface area contributed by atoms with Crippen LogP contribution in [-0.2, 0) is 9.53 Å². The van der Waals surface area contributed by atoms with E-state index in [1.54, 1.807) is 0 Å². The van der Waals surface area contributed by atoms with Gasteiger partial charge in [0.1, 0.15) is 5.69 Å². The number of carbonyl (C=O) groups excluding carboxylic acids is 2. The summed E-state index contributed by atoms with van der Waals surface area (Å²) in [6.45, 7) is 7.48. The Morgan fingerprint density at radius 3 is 2.52 bits per heavy atom. The van der Waals surface area contributed by atoms with Crippen molar-refractivity contribution in [3.05, 3.63) is 59.8 Å². The van der Waals surface area contributed by atoms with Crippen LogP contribution < -0.4 is 15.1 Å². The number of aromatic nitrogens is 1. The fourth-order valence-electron chi connectivity index (χ4n) is 4.23. The Labute approximate surface area is 182 Å². The maximum Gasteiger partial charge on any atom is 0.356 e. The molecular weight excluding hydrogens is 392 g/mol. The number of benzene rings is 2. The summed E-state index contributed by atoms with van der Waals surface area (Å²) in [6.07, 6.45) is 0. The molecule has 7 nitrogen and oxygen atoms in total. The molecule has 3 N–H and O–H groups in total. The number of hydrogen-bond acceptors (Lipinski definition) is 4. The van der Waals surface area contributed by atoms with Crippen molar-refractivity contribution >= 4 is 34.2 Å². The number of methoxy groups -OCH3 is 1. The van der Waals surface area contributed by atoms with E-state index in [1.807, 2.05) is 50.2 Å². The zero-order valence-electron chi connectivity index (χ0n) is 18.2. The van der Waals surface area contributed by atoms with Crippen LogP contribution in [0, 0.1) is 6.92 Å². The summed E-state index contributed by atoms with van der Waals surface area (Å²) in [4.78, 5) is 32.1. The second kappa shape index (κ2) is 8.81. The van der Waals surface area contributed by atoms with Crippen LogP contribution >= 0.6 is 0 Å². The molecule has 1 saturated heterocycles. The van der Waals surface area contributed by atoms with Crippen LogP contribution in [-0.4, -0.2) is 56.2 Å². The van der Waals surface area contributed by atoms with Crippen LogP contribution in [0.25, 0.3) is 10.9 Å². The summed E-state index contributed by atoms with van der Waals surface area (Å²) in [5.41, 5.74) is 3.82. The highest BCUT2D eigenvalue weighted by atomic mass is 16.5. The monoisotopic (exact) mass is 421 g/mol. The Kier molecular flexibility index (Phi) is 5.95. The normalized spacial score (nSPS) is 15.6. The summed E-state index contributed by atoms with van der Waals surface area (Å²) >= 11 is 0. The Balaban J connectivity index is 1.49. The number of piperazine rings is 1. The molecule has 0 bridgehead atoms. The van der Waals surface area contributed by atoms with Gasteiger partial charge >= 0.3 is 5.97 Å². The number of rotatable bonds is 5. The number of H-pyrrole nitrogens is 1. The van der Waals surface area contributed by atoms with Gasteiger partial charge in [0, 0.05) is 16.6 Å². The minimum atomic E-state index is -0.499. The largest absolute Gasteiger partial charge is 0.464 e. The maximum absolute atomic E-state index is 13.1. The van der Waals surface area contributed by atoms with Gasteiger partial charge in [-0.25, -0.2) is 4.79 Å². The van der Waals surface area contributed by atoms with Crippen molar-refractivity contribution in [2.45, 2.75) is 19.9 Å². The number of anilines is 2. The first-order valence-corrected chi connectivity index (χ1v) is 10.6. The molecule has 1 aromatic heterocycles. The first-order chi connectivity index (χ1) is 15.0. The molecule has 0 aliphatic carbocycles. The van der Waals surface area contributed by atoms with Gasteiger partial charge in [0.15, 0.2) is 6.04 Å². The van der Waals surface area contributed by atoms with Gasteiger partial charge in [-0.2, -0.15) is 0 Å². The highest BCUT2D eigenvalue weighted by Gasteiger charge is 2.31. The predicted octanol–water partition coefficient (Wildman–Crippen LogP) is 2.00. The molecule has 0 radical (unpaired) electrons. The van der Waals surface area contributed by atoms with Crippen LogP contribution in [0.15, 0.2) is 48.5 Å². The molecule has 3 aromatic rings. The smallest absolute Gasteiger partial charge is 0.356 e. The third-order valence-corrected chi connectivity index (χ3v) is 6.12. The Hall–Kier alpha value is -3.32. The topological polar surface area (TPSA) is 78.9 Å². The number of hydrogen-bond donors (Lipinski definition) is 3. The van der Waals surface area contributed by atoms with Gasteiger partial charge in [0.25, 0.3) is 5.91 Å². The number of esters is 1. The van der Waals surface area contributed by atoms with E-state index in [4.69, 9.17) is 4.74 Å². The maximum atomic E-state index is 13.1. The predicted molar refractivity (Wildman–Crippen MR) is 122 cm³/mol. The lowest BCUT2D eigenvalue weighted by Gasteiger charge is -2.36.